The van der Waals surface area contributed by atoms with Crippen LogP contribution in [0, 0.1) is 0 Å². The molecule has 0 bridgehead atoms. The number of esters is 1. The van der Waals surface area contributed by atoms with Crippen molar-refractivity contribution in [1.82, 2.24) is 0 Å². The quantitative estimate of drug-likeness (QED) is 0.452. The van der Waals surface area contributed by atoms with Crippen LogP contribution in [-0.2, 0) is 4.74 Å². The second-order valence-electron chi connectivity index (χ2n) is 5.38. The molecule has 1 N–H and O–H groups in total. The van der Waals surface area contributed by atoms with Gasteiger partial charge >= 0.3 is 5.97 Å². The first kappa shape index (κ1) is 18.2. The third-order valence-electron chi connectivity index (χ3n) is 3.65. The van der Waals surface area contributed by atoms with Crippen molar-refractivity contribution >= 4 is 40.1 Å². The van der Waals surface area contributed by atoms with E-state index in [-0.39, 0.29) is 12.4 Å². The fourth-order valence-electron chi connectivity index (χ4n) is 2.43. The Morgan fingerprint density at radius 2 is 2.04 bits per heavy atom. The van der Waals surface area contributed by atoms with Gasteiger partial charge in [-0.25, -0.2) is 9.79 Å². The van der Waals surface area contributed by atoms with Crippen molar-refractivity contribution in [2.75, 3.05) is 6.61 Å². The maximum absolute atomic E-state index is 12.5. The molecule has 0 aliphatic rings. The first-order valence-corrected chi connectivity index (χ1v) is 9.22. The van der Waals surface area contributed by atoms with Gasteiger partial charge in [-0.3, -0.25) is 0 Å². The molecule has 6 heteroatoms. The number of carbonyl (C=O) groups excluding carboxylic acids is 1. The summed E-state index contributed by atoms with van der Waals surface area (Å²) in [5, 5.41) is 12.8. The van der Waals surface area contributed by atoms with E-state index in [4.69, 9.17) is 16.3 Å². The van der Waals surface area contributed by atoms with E-state index in [1.807, 2.05) is 35.7 Å². The van der Waals surface area contributed by atoms with Gasteiger partial charge in [-0.15, -0.1) is 11.3 Å². The second kappa shape index (κ2) is 8.17. The van der Waals surface area contributed by atoms with E-state index in [0.717, 1.165) is 11.1 Å². The molecule has 1 aromatic heterocycles. The predicted molar refractivity (Wildman–Crippen MR) is 106 cm³/mol. The lowest BCUT2D eigenvalue weighted by Gasteiger charge is -2.05. The van der Waals surface area contributed by atoms with Crippen LogP contribution in [0.1, 0.15) is 22.8 Å². The summed E-state index contributed by atoms with van der Waals surface area (Å²) < 4.78 is 5.21. The first-order chi connectivity index (χ1) is 12.6. The first-order valence-electron chi connectivity index (χ1n) is 7.96. The van der Waals surface area contributed by atoms with Gasteiger partial charge in [0.2, 0.25) is 0 Å². The van der Waals surface area contributed by atoms with Crippen molar-refractivity contribution in [3.05, 3.63) is 70.1 Å². The highest BCUT2D eigenvalue weighted by molar-refractivity contribution is 7.14. The number of aromatic hydroxyl groups is 1. The fraction of sp³-hybridized carbons (Fsp3) is 0.100. The van der Waals surface area contributed by atoms with Crippen LogP contribution in [0.25, 0.3) is 11.1 Å². The number of halogens is 1. The second-order valence-corrected chi connectivity index (χ2v) is 6.67. The Labute approximate surface area is 160 Å². The molecule has 132 valence electrons. The van der Waals surface area contributed by atoms with Gasteiger partial charge in [0, 0.05) is 27.7 Å². The minimum atomic E-state index is -0.421. The summed E-state index contributed by atoms with van der Waals surface area (Å²) in [5.41, 5.74) is 2.58. The van der Waals surface area contributed by atoms with Gasteiger partial charge in [0.25, 0.3) is 0 Å². The fourth-order valence-corrected chi connectivity index (χ4v) is 3.52. The zero-order chi connectivity index (χ0) is 18.5. The van der Waals surface area contributed by atoms with Crippen LogP contribution in [0.5, 0.6) is 5.75 Å². The SMILES string of the molecule is CCOC(=O)c1c(-c2ccccc2)csc1N=Cc1cc(Cl)ccc1O. The molecule has 0 atom stereocenters. The summed E-state index contributed by atoms with van der Waals surface area (Å²) in [6.07, 6.45) is 1.49. The van der Waals surface area contributed by atoms with Crippen LogP contribution in [0.15, 0.2) is 58.9 Å². The van der Waals surface area contributed by atoms with Gasteiger partial charge in [0.05, 0.1) is 6.61 Å². The van der Waals surface area contributed by atoms with E-state index < -0.39 is 5.97 Å². The Morgan fingerprint density at radius 1 is 1.27 bits per heavy atom. The highest BCUT2D eigenvalue weighted by Gasteiger charge is 2.21. The van der Waals surface area contributed by atoms with Gasteiger partial charge < -0.3 is 9.84 Å². The normalized spacial score (nSPS) is 11.0. The maximum atomic E-state index is 12.5. The minimum Gasteiger partial charge on any atom is -0.507 e. The molecule has 0 fully saturated rings. The summed E-state index contributed by atoms with van der Waals surface area (Å²) in [7, 11) is 0. The molecule has 2 aromatic carbocycles. The molecular weight excluding hydrogens is 370 g/mol. The van der Waals surface area contributed by atoms with Crippen LogP contribution in [0.2, 0.25) is 5.02 Å². The smallest absolute Gasteiger partial charge is 0.341 e. The molecule has 1 heterocycles. The molecule has 0 radical (unpaired) electrons. The lowest BCUT2D eigenvalue weighted by atomic mass is 10.0. The van der Waals surface area contributed by atoms with E-state index in [1.54, 1.807) is 19.1 Å². The van der Waals surface area contributed by atoms with Gasteiger partial charge in [-0.2, -0.15) is 0 Å². The third-order valence-corrected chi connectivity index (χ3v) is 4.77. The summed E-state index contributed by atoms with van der Waals surface area (Å²) in [5.74, 6) is -0.356. The van der Waals surface area contributed by atoms with Crippen LogP contribution in [0.3, 0.4) is 0 Å². The van der Waals surface area contributed by atoms with E-state index in [0.29, 0.717) is 21.2 Å². The number of hydrogen-bond acceptors (Lipinski definition) is 5. The third kappa shape index (κ3) is 3.95. The molecule has 0 aliphatic heterocycles. The lowest BCUT2D eigenvalue weighted by molar-refractivity contribution is 0.0529. The van der Waals surface area contributed by atoms with Crippen molar-refractivity contribution in [3.8, 4) is 16.9 Å². The maximum Gasteiger partial charge on any atom is 0.341 e. The van der Waals surface area contributed by atoms with Crippen molar-refractivity contribution < 1.29 is 14.6 Å². The van der Waals surface area contributed by atoms with Crippen LogP contribution in [0.4, 0.5) is 5.00 Å². The molecule has 0 spiro atoms. The minimum absolute atomic E-state index is 0.0654. The molecule has 26 heavy (non-hydrogen) atoms. The van der Waals surface area contributed by atoms with Crippen molar-refractivity contribution in [3.63, 3.8) is 0 Å². The largest absolute Gasteiger partial charge is 0.507 e. The van der Waals surface area contributed by atoms with E-state index in [2.05, 4.69) is 4.99 Å². The zero-order valence-corrected chi connectivity index (χ0v) is 15.6. The number of aliphatic imine (C=N–C) groups is 1. The number of thiophene rings is 1. The average molecular weight is 386 g/mol. The number of ether oxygens (including phenoxy) is 1. The molecule has 0 amide bonds. The Kier molecular flexibility index (Phi) is 5.71. The molecule has 0 aliphatic carbocycles. The topological polar surface area (TPSA) is 58.9 Å². The number of carbonyl (C=O) groups is 1. The Bertz CT molecular complexity index is 951. The predicted octanol–water partition coefficient (Wildman–Crippen LogP) is 5.70. The van der Waals surface area contributed by atoms with E-state index >= 15 is 0 Å². The summed E-state index contributed by atoms with van der Waals surface area (Å²) in [6, 6.07) is 14.3. The van der Waals surface area contributed by atoms with Gasteiger partial charge in [0.15, 0.2) is 0 Å². The van der Waals surface area contributed by atoms with E-state index in [9.17, 15) is 9.90 Å². The summed E-state index contributed by atoms with van der Waals surface area (Å²) in [6.45, 7) is 2.04. The number of rotatable bonds is 5. The zero-order valence-electron chi connectivity index (χ0n) is 14.0. The molecule has 0 unspecified atom stereocenters. The molecule has 3 aromatic rings. The monoisotopic (exact) mass is 385 g/mol. The van der Waals surface area contributed by atoms with E-state index in [1.165, 1.54) is 23.6 Å². The number of nitrogens with zero attached hydrogens (tertiary/aromatic N) is 1. The molecule has 4 nitrogen and oxygen atoms in total. The van der Waals surface area contributed by atoms with Crippen molar-refractivity contribution in [2.24, 2.45) is 4.99 Å². The van der Waals surface area contributed by atoms with Crippen LogP contribution in [-0.4, -0.2) is 23.9 Å². The highest BCUT2D eigenvalue weighted by atomic mass is 35.5. The van der Waals surface area contributed by atoms with Crippen LogP contribution < -0.4 is 0 Å². The summed E-state index contributed by atoms with van der Waals surface area (Å²) >= 11 is 7.30. The molecule has 0 saturated heterocycles. The number of phenols is 1. The lowest BCUT2D eigenvalue weighted by Crippen LogP contribution is -2.05. The average Bonchev–Trinajstić information content (AvgIpc) is 3.07. The Morgan fingerprint density at radius 3 is 2.77 bits per heavy atom. The molecule has 3 rings (SSSR count). The Balaban J connectivity index is 2.04. The standard InChI is InChI=1S/C20H16ClNO3S/c1-2-25-20(24)18-16(13-6-4-3-5-7-13)12-26-19(18)22-11-14-10-15(21)8-9-17(14)23/h3-12,23H,2H2,1H3. The number of hydrogen-bond donors (Lipinski definition) is 1. The Hall–Kier alpha value is -2.63. The van der Waals surface area contributed by atoms with Crippen LogP contribution >= 0.6 is 22.9 Å². The number of benzene rings is 2. The number of phenolic OH excluding ortho intramolecular Hbond substituents is 1. The van der Waals surface area contributed by atoms with Gasteiger partial charge in [0.1, 0.15) is 16.3 Å². The molecular formula is C20H16ClNO3S. The molecule has 0 saturated carbocycles. The van der Waals surface area contributed by atoms with Gasteiger partial charge in [-0.05, 0) is 30.7 Å². The van der Waals surface area contributed by atoms with Gasteiger partial charge in [-0.1, -0.05) is 41.9 Å². The summed E-state index contributed by atoms with van der Waals surface area (Å²) in [4.78, 5) is 16.9. The van der Waals surface area contributed by atoms with Crippen molar-refractivity contribution in [1.29, 1.82) is 0 Å². The highest BCUT2D eigenvalue weighted by Crippen LogP contribution is 2.38. The van der Waals surface area contributed by atoms with Crippen molar-refractivity contribution in [2.45, 2.75) is 6.92 Å².